The first-order valence-corrected chi connectivity index (χ1v) is 6.55. The molecule has 96 valence electrons. The topological polar surface area (TPSA) is 81.2 Å². The summed E-state index contributed by atoms with van der Waals surface area (Å²) in [6, 6.07) is 3.34. The van der Waals surface area contributed by atoms with Crippen LogP contribution in [0, 0.1) is 6.92 Å². The van der Waals surface area contributed by atoms with Crippen LogP contribution in [0.4, 0.5) is 0 Å². The number of hydrogen-bond donors (Lipinski definition) is 2. The molecular formula is C12H15N3O2S. The molecule has 0 aliphatic heterocycles. The molecule has 0 spiro atoms. The van der Waals surface area contributed by atoms with Crippen molar-refractivity contribution in [1.82, 2.24) is 10.3 Å². The van der Waals surface area contributed by atoms with Crippen molar-refractivity contribution in [3.63, 3.8) is 0 Å². The molecule has 0 aromatic carbocycles. The second-order valence-corrected chi connectivity index (χ2v) is 4.80. The number of aryl methyl sites for hydroxylation is 1. The van der Waals surface area contributed by atoms with Crippen LogP contribution < -0.4 is 11.1 Å². The Labute approximate surface area is 109 Å². The van der Waals surface area contributed by atoms with Crippen LogP contribution in [-0.4, -0.2) is 17.4 Å². The monoisotopic (exact) mass is 265 g/mol. The van der Waals surface area contributed by atoms with Gasteiger partial charge in [0.1, 0.15) is 5.76 Å². The van der Waals surface area contributed by atoms with E-state index in [1.54, 1.807) is 23.5 Å². The van der Waals surface area contributed by atoms with E-state index in [9.17, 15) is 4.79 Å². The highest BCUT2D eigenvalue weighted by atomic mass is 32.1. The molecule has 6 heteroatoms. The third-order valence-corrected chi connectivity index (χ3v) is 3.40. The van der Waals surface area contributed by atoms with Crippen LogP contribution in [0.5, 0.6) is 0 Å². The smallest absolute Gasteiger partial charge is 0.287 e. The Morgan fingerprint density at radius 1 is 1.56 bits per heavy atom. The van der Waals surface area contributed by atoms with Crippen molar-refractivity contribution in [1.29, 1.82) is 0 Å². The zero-order valence-electron chi connectivity index (χ0n) is 10.1. The quantitative estimate of drug-likeness (QED) is 0.858. The van der Waals surface area contributed by atoms with Crippen LogP contribution in [-0.2, 0) is 13.0 Å². The molecule has 3 N–H and O–H groups in total. The Morgan fingerprint density at radius 3 is 3.00 bits per heavy atom. The number of aromatic nitrogens is 1. The first-order chi connectivity index (χ1) is 8.69. The molecule has 2 aromatic rings. The van der Waals surface area contributed by atoms with Gasteiger partial charge in [-0.3, -0.25) is 4.79 Å². The first-order valence-electron chi connectivity index (χ1n) is 5.67. The summed E-state index contributed by atoms with van der Waals surface area (Å²) in [5, 5.41) is 5.81. The molecule has 0 aliphatic carbocycles. The van der Waals surface area contributed by atoms with Crippen molar-refractivity contribution >= 4 is 17.2 Å². The molecule has 2 heterocycles. The predicted octanol–water partition coefficient (Wildman–Crippen LogP) is 1.48. The van der Waals surface area contributed by atoms with Crippen molar-refractivity contribution in [2.75, 3.05) is 6.54 Å². The summed E-state index contributed by atoms with van der Waals surface area (Å²) in [5.74, 6) is 0.685. The highest BCUT2D eigenvalue weighted by molar-refractivity contribution is 7.09. The van der Waals surface area contributed by atoms with E-state index in [1.165, 1.54) is 0 Å². The van der Waals surface area contributed by atoms with Gasteiger partial charge in [0, 0.05) is 24.0 Å². The van der Waals surface area contributed by atoms with E-state index in [0.29, 0.717) is 24.6 Å². The van der Waals surface area contributed by atoms with E-state index in [1.807, 2.05) is 12.3 Å². The van der Waals surface area contributed by atoms with Crippen LogP contribution in [0.1, 0.15) is 27.0 Å². The van der Waals surface area contributed by atoms with Crippen molar-refractivity contribution in [3.05, 3.63) is 39.7 Å². The number of thiazole rings is 1. The normalized spacial score (nSPS) is 10.6. The molecular weight excluding hydrogens is 250 g/mol. The number of carbonyl (C=O) groups excluding carboxylic acids is 1. The Morgan fingerprint density at radius 2 is 2.39 bits per heavy atom. The van der Waals surface area contributed by atoms with Crippen LogP contribution >= 0.6 is 11.3 Å². The lowest BCUT2D eigenvalue weighted by Gasteiger charge is -2.01. The SMILES string of the molecule is Cc1csc(CCNC(=O)c2ccc(CN)o2)n1. The molecule has 2 rings (SSSR count). The minimum atomic E-state index is -0.219. The largest absolute Gasteiger partial charge is 0.455 e. The first kappa shape index (κ1) is 12.8. The predicted molar refractivity (Wildman–Crippen MR) is 69.5 cm³/mol. The van der Waals surface area contributed by atoms with E-state index in [-0.39, 0.29) is 5.91 Å². The Balaban J connectivity index is 1.81. The van der Waals surface area contributed by atoms with Gasteiger partial charge in [0.05, 0.1) is 11.6 Å². The summed E-state index contributed by atoms with van der Waals surface area (Å²) in [6.07, 6.45) is 0.731. The second-order valence-electron chi connectivity index (χ2n) is 3.86. The van der Waals surface area contributed by atoms with E-state index in [0.717, 1.165) is 17.1 Å². The van der Waals surface area contributed by atoms with Gasteiger partial charge in [-0.2, -0.15) is 0 Å². The highest BCUT2D eigenvalue weighted by Gasteiger charge is 2.10. The van der Waals surface area contributed by atoms with Crippen molar-refractivity contribution in [2.24, 2.45) is 5.73 Å². The molecule has 0 bridgehead atoms. The standard InChI is InChI=1S/C12H15N3O2S/c1-8-7-18-11(15-8)4-5-14-12(16)10-3-2-9(6-13)17-10/h2-3,7H,4-6,13H2,1H3,(H,14,16). The number of rotatable bonds is 5. The van der Waals surface area contributed by atoms with Gasteiger partial charge < -0.3 is 15.5 Å². The summed E-state index contributed by atoms with van der Waals surface area (Å²) in [6.45, 7) is 2.80. The number of hydrogen-bond acceptors (Lipinski definition) is 5. The maximum atomic E-state index is 11.7. The number of carbonyl (C=O) groups is 1. The molecule has 0 saturated carbocycles. The zero-order valence-corrected chi connectivity index (χ0v) is 10.9. The van der Waals surface area contributed by atoms with Gasteiger partial charge in [-0.25, -0.2) is 4.98 Å². The van der Waals surface area contributed by atoms with Gasteiger partial charge in [-0.1, -0.05) is 0 Å². The lowest BCUT2D eigenvalue weighted by Crippen LogP contribution is -2.25. The van der Waals surface area contributed by atoms with Crippen molar-refractivity contribution in [2.45, 2.75) is 19.9 Å². The second kappa shape index (κ2) is 5.79. The average Bonchev–Trinajstić information content (AvgIpc) is 2.98. The fraction of sp³-hybridized carbons (Fsp3) is 0.333. The van der Waals surface area contributed by atoms with Crippen LogP contribution in [0.25, 0.3) is 0 Å². The maximum Gasteiger partial charge on any atom is 0.287 e. The lowest BCUT2D eigenvalue weighted by molar-refractivity contribution is 0.0924. The molecule has 0 saturated heterocycles. The molecule has 0 unspecified atom stereocenters. The third kappa shape index (κ3) is 3.18. The number of amides is 1. The summed E-state index contributed by atoms with van der Waals surface area (Å²) in [4.78, 5) is 16.0. The van der Waals surface area contributed by atoms with Gasteiger partial charge in [-0.05, 0) is 19.1 Å². The molecule has 0 radical (unpaired) electrons. The summed E-state index contributed by atoms with van der Waals surface area (Å²) < 4.78 is 5.25. The molecule has 0 fully saturated rings. The summed E-state index contributed by atoms with van der Waals surface area (Å²) in [7, 11) is 0. The average molecular weight is 265 g/mol. The summed E-state index contributed by atoms with van der Waals surface area (Å²) in [5.41, 5.74) is 6.42. The zero-order chi connectivity index (χ0) is 13.0. The maximum absolute atomic E-state index is 11.7. The molecule has 2 aromatic heterocycles. The van der Waals surface area contributed by atoms with Crippen molar-refractivity contribution in [3.8, 4) is 0 Å². The van der Waals surface area contributed by atoms with Crippen molar-refractivity contribution < 1.29 is 9.21 Å². The van der Waals surface area contributed by atoms with Gasteiger partial charge >= 0.3 is 0 Å². The van der Waals surface area contributed by atoms with Gasteiger partial charge in [0.15, 0.2) is 5.76 Å². The number of nitrogens with two attached hydrogens (primary N) is 1. The van der Waals surface area contributed by atoms with Gasteiger partial charge in [0.2, 0.25) is 0 Å². The number of nitrogens with zero attached hydrogens (tertiary/aromatic N) is 1. The molecule has 5 nitrogen and oxygen atoms in total. The fourth-order valence-electron chi connectivity index (χ4n) is 1.50. The Hall–Kier alpha value is -1.66. The molecule has 1 amide bonds. The fourth-order valence-corrected chi connectivity index (χ4v) is 2.27. The van der Waals surface area contributed by atoms with Gasteiger partial charge in [-0.15, -0.1) is 11.3 Å². The van der Waals surface area contributed by atoms with E-state index in [4.69, 9.17) is 10.2 Å². The molecule has 0 aliphatic rings. The molecule has 0 atom stereocenters. The minimum absolute atomic E-state index is 0.219. The van der Waals surface area contributed by atoms with Crippen LogP contribution in [0.3, 0.4) is 0 Å². The van der Waals surface area contributed by atoms with Gasteiger partial charge in [0.25, 0.3) is 5.91 Å². The van der Waals surface area contributed by atoms with Crippen LogP contribution in [0.2, 0.25) is 0 Å². The van der Waals surface area contributed by atoms with E-state index in [2.05, 4.69) is 10.3 Å². The Bertz CT molecular complexity index is 533. The summed E-state index contributed by atoms with van der Waals surface area (Å²) >= 11 is 1.60. The minimum Gasteiger partial charge on any atom is -0.455 e. The molecule has 18 heavy (non-hydrogen) atoms. The Kier molecular flexibility index (Phi) is 4.11. The van der Waals surface area contributed by atoms with E-state index < -0.39 is 0 Å². The van der Waals surface area contributed by atoms with E-state index >= 15 is 0 Å². The number of furan rings is 1. The third-order valence-electron chi connectivity index (χ3n) is 2.38. The highest BCUT2D eigenvalue weighted by Crippen LogP contribution is 2.09. The van der Waals surface area contributed by atoms with Crippen LogP contribution in [0.15, 0.2) is 21.9 Å². The number of nitrogens with one attached hydrogen (secondary N) is 1. The lowest BCUT2D eigenvalue weighted by atomic mass is 10.4.